The van der Waals surface area contributed by atoms with Gasteiger partial charge in [-0.05, 0) is 76.3 Å². The van der Waals surface area contributed by atoms with Crippen molar-refractivity contribution in [2.75, 3.05) is 35.4 Å². The Labute approximate surface area is 410 Å². The molecule has 0 spiro atoms. The number of anilines is 1. The Bertz CT molecular complexity index is 1400. The van der Waals surface area contributed by atoms with Crippen LogP contribution in [0.25, 0.3) is 0 Å². The molecule has 0 radical (unpaired) electrons. The predicted molar refractivity (Wildman–Crippen MR) is 279 cm³/mol. The van der Waals surface area contributed by atoms with Crippen molar-refractivity contribution in [1.82, 2.24) is 5.32 Å². The highest BCUT2D eigenvalue weighted by Gasteiger charge is 2.27. The van der Waals surface area contributed by atoms with Crippen molar-refractivity contribution in [3.05, 3.63) is 29.8 Å². The standard InChI is InChI=1S/C54H94N2O8S2/c1-7-9-11-13-15-17-19-21-23-25-27-29-31-33-50(58)62-43-47(63-51(59)34-32-30-28-26-24-22-20-18-16-14-12-10-8-2)44-66-42-40-49(57)55-46-37-35-45(36-38-46)52(60)56-48(39-41-65-6)53(61)64-54(3,4)5/h35-38,47-48H,7-34,39-44H2,1-6H3,(H,55,57)(H,56,60)/t47?,48-/m0/s1. The van der Waals surface area contributed by atoms with E-state index in [0.717, 1.165) is 38.5 Å². The summed E-state index contributed by atoms with van der Waals surface area (Å²) in [6.07, 6.45) is 34.9. The maximum Gasteiger partial charge on any atom is 0.329 e. The van der Waals surface area contributed by atoms with Gasteiger partial charge in [-0.25, -0.2) is 4.79 Å². The summed E-state index contributed by atoms with van der Waals surface area (Å²) in [4.78, 5) is 64.2. The van der Waals surface area contributed by atoms with Crippen molar-refractivity contribution in [1.29, 1.82) is 0 Å². The van der Waals surface area contributed by atoms with Crippen LogP contribution in [0.4, 0.5) is 5.69 Å². The number of carbonyl (C=O) groups is 5. The number of thioether (sulfide) groups is 2. The number of unbranched alkanes of at least 4 members (excludes halogenated alkanes) is 24. The van der Waals surface area contributed by atoms with Crippen LogP contribution in [0, 0.1) is 0 Å². The van der Waals surface area contributed by atoms with Crippen LogP contribution >= 0.6 is 23.5 Å². The number of hydrogen-bond donors (Lipinski definition) is 2. The molecule has 66 heavy (non-hydrogen) atoms. The number of esters is 3. The van der Waals surface area contributed by atoms with E-state index in [1.54, 1.807) is 56.8 Å². The SMILES string of the molecule is CCCCCCCCCCCCCCCC(=O)OCC(CSCCC(=O)Nc1ccc(C(=O)N[C@@H](CCSC)C(=O)OC(C)(C)C)cc1)OC(=O)CCCCCCCCCCCCCCC. The summed E-state index contributed by atoms with van der Waals surface area (Å²) in [5, 5.41) is 5.68. The molecule has 0 aliphatic rings. The molecule has 2 atom stereocenters. The number of ether oxygens (including phenoxy) is 3. The summed E-state index contributed by atoms with van der Waals surface area (Å²) in [5.74, 6) is -0.0156. The first kappa shape index (κ1) is 61.3. The van der Waals surface area contributed by atoms with E-state index in [2.05, 4.69) is 24.5 Å². The Morgan fingerprint density at radius 3 is 1.50 bits per heavy atom. The molecule has 10 nitrogen and oxygen atoms in total. The first-order chi connectivity index (χ1) is 31.9. The van der Waals surface area contributed by atoms with Gasteiger partial charge in [0.1, 0.15) is 24.4 Å². The molecule has 0 aliphatic heterocycles. The van der Waals surface area contributed by atoms with Crippen LogP contribution in [-0.4, -0.2) is 77.6 Å². The monoisotopic (exact) mass is 963 g/mol. The van der Waals surface area contributed by atoms with Crippen molar-refractivity contribution in [3.63, 3.8) is 0 Å². The molecule has 0 bridgehead atoms. The molecule has 1 rings (SSSR count). The van der Waals surface area contributed by atoms with Gasteiger partial charge in [-0.15, -0.1) is 0 Å². The van der Waals surface area contributed by atoms with Gasteiger partial charge in [0.2, 0.25) is 5.91 Å². The van der Waals surface area contributed by atoms with Crippen LogP contribution in [0.15, 0.2) is 24.3 Å². The lowest BCUT2D eigenvalue weighted by atomic mass is 10.0. The van der Waals surface area contributed by atoms with Crippen LogP contribution in [0.1, 0.15) is 238 Å². The molecular weight excluding hydrogens is 869 g/mol. The zero-order valence-electron chi connectivity index (χ0n) is 42.6. The van der Waals surface area contributed by atoms with Gasteiger partial charge < -0.3 is 24.8 Å². The van der Waals surface area contributed by atoms with Gasteiger partial charge in [-0.1, -0.05) is 168 Å². The quantitative estimate of drug-likeness (QED) is 0.0370. The van der Waals surface area contributed by atoms with Gasteiger partial charge in [-0.3, -0.25) is 19.2 Å². The average Bonchev–Trinajstić information content (AvgIpc) is 3.28. The molecule has 0 fully saturated rings. The number of amides is 2. The van der Waals surface area contributed by atoms with Crippen molar-refractivity contribution in [3.8, 4) is 0 Å². The van der Waals surface area contributed by atoms with E-state index in [1.165, 1.54) is 140 Å². The second-order valence-electron chi connectivity index (χ2n) is 19.1. The number of nitrogens with one attached hydrogen (secondary N) is 2. The third kappa shape index (κ3) is 36.3. The van der Waals surface area contributed by atoms with E-state index in [1.807, 2.05) is 6.26 Å². The average molecular weight is 963 g/mol. The van der Waals surface area contributed by atoms with Crippen molar-refractivity contribution in [2.24, 2.45) is 0 Å². The van der Waals surface area contributed by atoms with E-state index in [0.29, 0.717) is 47.8 Å². The number of rotatable bonds is 43. The third-order valence-electron chi connectivity index (χ3n) is 11.5. The van der Waals surface area contributed by atoms with Gasteiger partial charge in [0.25, 0.3) is 5.91 Å². The molecule has 0 saturated carbocycles. The molecule has 1 unspecified atom stereocenters. The normalized spacial score (nSPS) is 12.3. The summed E-state index contributed by atoms with van der Waals surface area (Å²) >= 11 is 3.07. The lowest BCUT2D eigenvalue weighted by molar-refractivity contribution is -0.157. The molecule has 0 aliphatic carbocycles. The van der Waals surface area contributed by atoms with Crippen molar-refractivity contribution < 1.29 is 38.2 Å². The van der Waals surface area contributed by atoms with Crippen LogP contribution in [-0.2, 0) is 33.4 Å². The third-order valence-corrected chi connectivity index (χ3v) is 13.3. The predicted octanol–water partition coefficient (Wildman–Crippen LogP) is 14.4. The zero-order chi connectivity index (χ0) is 48.5. The first-order valence-corrected chi connectivity index (χ1v) is 28.8. The summed E-state index contributed by atoms with van der Waals surface area (Å²) in [6.45, 7) is 9.90. The Morgan fingerprint density at radius 1 is 0.591 bits per heavy atom. The van der Waals surface area contributed by atoms with Crippen molar-refractivity contribution >= 4 is 58.9 Å². The fourth-order valence-corrected chi connectivity index (χ4v) is 9.00. The summed E-state index contributed by atoms with van der Waals surface area (Å²) < 4.78 is 17.0. The minimum absolute atomic E-state index is 0.0107. The highest BCUT2D eigenvalue weighted by atomic mass is 32.2. The Kier molecular flexibility index (Phi) is 38.3. The number of carbonyl (C=O) groups excluding carboxylic acids is 5. The lowest BCUT2D eigenvalue weighted by Crippen LogP contribution is -2.44. The molecule has 380 valence electrons. The molecule has 0 saturated heterocycles. The van der Waals surface area contributed by atoms with Gasteiger partial charge >= 0.3 is 17.9 Å². The molecule has 2 N–H and O–H groups in total. The maximum absolute atomic E-state index is 13.0. The highest BCUT2D eigenvalue weighted by Crippen LogP contribution is 2.18. The minimum atomic E-state index is -0.769. The zero-order valence-corrected chi connectivity index (χ0v) is 44.2. The van der Waals surface area contributed by atoms with Gasteiger partial charge in [0.05, 0.1) is 0 Å². The fourth-order valence-electron chi connectivity index (χ4n) is 7.60. The van der Waals surface area contributed by atoms with Crippen LogP contribution < -0.4 is 10.6 Å². The largest absolute Gasteiger partial charge is 0.462 e. The van der Waals surface area contributed by atoms with Gasteiger partial charge in [0, 0.05) is 42.0 Å². The van der Waals surface area contributed by atoms with Gasteiger partial charge in [0.15, 0.2) is 0 Å². The van der Waals surface area contributed by atoms with Gasteiger partial charge in [-0.2, -0.15) is 23.5 Å². The fraction of sp³-hybridized carbons (Fsp3) is 0.796. The molecule has 2 amide bonds. The highest BCUT2D eigenvalue weighted by molar-refractivity contribution is 7.99. The van der Waals surface area contributed by atoms with E-state index >= 15 is 0 Å². The lowest BCUT2D eigenvalue weighted by Gasteiger charge is -2.24. The smallest absolute Gasteiger partial charge is 0.329 e. The molecular formula is C54H94N2O8S2. The summed E-state index contributed by atoms with van der Waals surface area (Å²) in [6, 6.07) is 5.76. The topological polar surface area (TPSA) is 137 Å². The summed E-state index contributed by atoms with van der Waals surface area (Å²) in [7, 11) is 0. The number of benzene rings is 1. The van der Waals surface area contributed by atoms with Crippen LogP contribution in [0.3, 0.4) is 0 Å². The molecule has 0 heterocycles. The molecule has 0 aromatic heterocycles. The Hall–Kier alpha value is -2.73. The number of hydrogen-bond acceptors (Lipinski definition) is 10. The summed E-state index contributed by atoms with van der Waals surface area (Å²) in [5.41, 5.74) is 0.237. The molecule has 1 aromatic carbocycles. The second kappa shape index (κ2) is 41.3. The van der Waals surface area contributed by atoms with E-state index in [-0.39, 0.29) is 30.9 Å². The van der Waals surface area contributed by atoms with Crippen molar-refractivity contribution in [2.45, 2.75) is 245 Å². The Balaban J connectivity index is 2.54. The van der Waals surface area contributed by atoms with E-state index < -0.39 is 29.6 Å². The Morgan fingerprint density at radius 2 is 1.05 bits per heavy atom. The van der Waals surface area contributed by atoms with Crippen LogP contribution in [0.2, 0.25) is 0 Å². The van der Waals surface area contributed by atoms with E-state index in [9.17, 15) is 24.0 Å². The second-order valence-corrected chi connectivity index (χ2v) is 21.2. The maximum atomic E-state index is 13.0. The first-order valence-electron chi connectivity index (χ1n) is 26.2. The van der Waals surface area contributed by atoms with E-state index in [4.69, 9.17) is 14.2 Å². The molecule has 12 heteroatoms. The molecule has 1 aromatic rings. The van der Waals surface area contributed by atoms with Crippen LogP contribution in [0.5, 0.6) is 0 Å². The minimum Gasteiger partial charge on any atom is -0.462 e.